The number of fused-ring (bicyclic) bond motifs is 5. The van der Waals surface area contributed by atoms with E-state index in [0.717, 1.165) is 25.7 Å². The number of aliphatic hydroxyl groups is 1. The Morgan fingerprint density at radius 1 is 1.06 bits per heavy atom. The van der Waals surface area contributed by atoms with Crippen LogP contribution in [0.25, 0.3) is 0 Å². The van der Waals surface area contributed by atoms with Gasteiger partial charge in [-0.3, -0.25) is 9.59 Å². The van der Waals surface area contributed by atoms with E-state index < -0.39 is 0 Å². The van der Waals surface area contributed by atoms with Gasteiger partial charge >= 0.3 is 0 Å². The summed E-state index contributed by atoms with van der Waals surface area (Å²) in [5.74, 6) is 3.46. The number of ketones is 1. The van der Waals surface area contributed by atoms with E-state index in [2.05, 4.69) is 26.1 Å². The monoisotopic (exact) mass is 431 g/mol. The highest BCUT2D eigenvalue weighted by atomic mass is 16.3. The van der Waals surface area contributed by atoms with Crippen LogP contribution in [0.3, 0.4) is 0 Å². The second-order valence-corrected chi connectivity index (χ2v) is 12.5. The van der Waals surface area contributed by atoms with Crippen LogP contribution in [0.2, 0.25) is 0 Å². The minimum atomic E-state index is -0.208. The lowest BCUT2D eigenvalue weighted by molar-refractivity contribution is -0.160. The van der Waals surface area contributed by atoms with E-state index in [-0.39, 0.29) is 34.8 Å². The topological polar surface area (TPSA) is 66.4 Å². The zero-order valence-corrected chi connectivity index (χ0v) is 20.5. The van der Waals surface area contributed by atoms with Crippen molar-refractivity contribution in [3.8, 4) is 0 Å². The fraction of sp³-hybridized carbons (Fsp3) is 0.926. The molecule has 0 aromatic heterocycles. The smallest absolute Gasteiger partial charge is 0.220 e. The van der Waals surface area contributed by atoms with Crippen LogP contribution < -0.4 is 5.32 Å². The highest BCUT2D eigenvalue weighted by Crippen LogP contribution is 2.67. The molecule has 4 nitrogen and oxygen atoms in total. The van der Waals surface area contributed by atoms with Crippen LogP contribution in [-0.2, 0) is 9.59 Å². The SMILES string of the molecule is CC(C)NC(=O)CC[C@@H](C)[C@H]1CC[C@H]2[C@@H]3C(=O)C[C@@H]4C[C@H](O)CC[C@]4(C)[C@H]3CC[C@]12C. The molecule has 4 fully saturated rings. The van der Waals surface area contributed by atoms with Crippen molar-refractivity contribution in [3.63, 3.8) is 0 Å². The van der Waals surface area contributed by atoms with Crippen LogP contribution in [0.4, 0.5) is 0 Å². The van der Waals surface area contributed by atoms with Crippen molar-refractivity contribution in [2.24, 2.45) is 46.3 Å². The summed E-state index contributed by atoms with van der Waals surface area (Å²) in [4.78, 5) is 25.7. The molecule has 1 amide bonds. The summed E-state index contributed by atoms with van der Waals surface area (Å²) in [7, 11) is 0. The third-order valence-electron chi connectivity index (χ3n) is 10.5. The molecule has 9 atom stereocenters. The van der Waals surface area contributed by atoms with Gasteiger partial charge in [0.1, 0.15) is 5.78 Å². The summed E-state index contributed by atoms with van der Waals surface area (Å²) in [6.07, 6.45) is 9.65. The molecule has 0 radical (unpaired) electrons. The maximum Gasteiger partial charge on any atom is 0.220 e. The third kappa shape index (κ3) is 4.00. The van der Waals surface area contributed by atoms with Crippen LogP contribution in [0, 0.1) is 46.3 Å². The van der Waals surface area contributed by atoms with Crippen molar-refractivity contribution < 1.29 is 14.7 Å². The molecule has 4 saturated carbocycles. The van der Waals surface area contributed by atoms with Gasteiger partial charge in [0.05, 0.1) is 6.10 Å². The number of hydrogen-bond acceptors (Lipinski definition) is 3. The molecule has 0 spiro atoms. The quantitative estimate of drug-likeness (QED) is 0.634. The summed E-state index contributed by atoms with van der Waals surface area (Å²) in [5, 5.41) is 13.3. The normalized spacial score (nSPS) is 45.6. The molecule has 4 heteroatoms. The summed E-state index contributed by atoms with van der Waals surface area (Å²) >= 11 is 0. The number of Topliss-reactive ketones (excluding diaryl/α,β-unsaturated/α-hetero) is 1. The third-order valence-corrected chi connectivity index (χ3v) is 10.5. The number of rotatable bonds is 5. The molecular weight excluding hydrogens is 386 g/mol. The summed E-state index contributed by atoms with van der Waals surface area (Å²) in [5.41, 5.74) is 0.472. The Balaban J connectivity index is 1.48. The van der Waals surface area contributed by atoms with Gasteiger partial charge in [0.15, 0.2) is 0 Å². The van der Waals surface area contributed by atoms with Crippen LogP contribution in [0.15, 0.2) is 0 Å². The van der Waals surface area contributed by atoms with Crippen LogP contribution in [0.5, 0.6) is 0 Å². The lowest BCUT2D eigenvalue weighted by atomic mass is 9.44. The average Bonchev–Trinajstić information content (AvgIpc) is 3.04. The second-order valence-electron chi connectivity index (χ2n) is 12.5. The van der Waals surface area contributed by atoms with Gasteiger partial charge in [-0.2, -0.15) is 0 Å². The fourth-order valence-electron chi connectivity index (χ4n) is 8.84. The molecule has 2 N–H and O–H groups in total. The molecule has 0 unspecified atom stereocenters. The first-order valence-electron chi connectivity index (χ1n) is 13.1. The Morgan fingerprint density at radius 2 is 1.74 bits per heavy atom. The standard InChI is InChI=1S/C27H45NO3/c1-16(2)28-24(31)9-6-17(3)20-7-8-21-25-22(11-13-27(20,21)5)26(4)12-10-19(29)14-18(26)15-23(25)30/h16-22,25,29H,6-15H2,1-5H3,(H,28,31)/t17-,18+,19-,20-,21+,22+,25+,26+,27-/m1/s1. The summed E-state index contributed by atoms with van der Waals surface area (Å²) in [6.45, 7) is 11.3. The van der Waals surface area contributed by atoms with Gasteiger partial charge in [-0.1, -0.05) is 20.8 Å². The lowest BCUT2D eigenvalue weighted by Crippen LogP contribution is -2.57. The molecule has 31 heavy (non-hydrogen) atoms. The number of carbonyl (C=O) groups is 2. The molecule has 0 aromatic carbocycles. The zero-order chi connectivity index (χ0) is 22.6. The van der Waals surface area contributed by atoms with Crippen molar-refractivity contribution in [2.45, 2.75) is 111 Å². The molecule has 0 aromatic rings. The molecule has 0 heterocycles. The summed E-state index contributed by atoms with van der Waals surface area (Å²) in [6, 6.07) is 0.204. The Kier molecular flexibility index (Phi) is 6.35. The van der Waals surface area contributed by atoms with E-state index in [0.29, 0.717) is 48.2 Å². The lowest BCUT2D eigenvalue weighted by Gasteiger charge is -2.60. The molecule has 176 valence electrons. The number of amides is 1. The van der Waals surface area contributed by atoms with Gasteiger partial charge in [0, 0.05) is 24.8 Å². The highest BCUT2D eigenvalue weighted by Gasteiger charge is 2.62. The maximum atomic E-state index is 13.5. The molecule has 0 bridgehead atoms. The van der Waals surface area contributed by atoms with E-state index in [4.69, 9.17) is 0 Å². The molecule has 0 saturated heterocycles. The fourth-order valence-corrected chi connectivity index (χ4v) is 8.84. The van der Waals surface area contributed by atoms with E-state index in [1.165, 1.54) is 25.7 Å². The predicted molar refractivity (Wildman–Crippen MR) is 123 cm³/mol. The van der Waals surface area contributed by atoms with Crippen molar-refractivity contribution in [1.82, 2.24) is 5.32 Å². The first-order chi connectivity index (χ1) is 14.6. The van der Waals surface area contributed by atoms with Crippen molar-refractivity contribution in [1.29, 1.82) is 0 Å². The van der Waals surface area contributed by atoms with E-state index in [9.17, 15) is 14.7 Å². The van der Waals surface area contributed by atoms with E-state index in [1.54, 1.807) is 0 Å². The number of carbonyl (C=O) groups excluding carboxylic acids is 2. The highest BCUT2D eigenvalue weighted by molar-refractivity contribution is 5.83. The van der Waals surface area contributed by atoms with Crippen molar-refractivity contribution in [2.75, 3.05) is 0 Å². The minimum absolute atomic E-state index is 0.172. The van der Waals surface area contributed by atoms with Gasteiger partial charge in [-0.25, -0.2) is 0 Å². The number of nitrogens with one attached hydrogen (secondary N) is 1. The first kappa shape index (κ1) is 23.3. The van der Waals surface area contributed by atoms with Gasteiger partial charge in [0.2, 0.25) is 5.91 Å². The Morgan fingerprint density at radius 3 is 2.45 bits per heavy atom. The largest absolute Gasteiger partial charge is 0.393 e. The van der Waals surface area contributed by atoms with E-state index >= 15 is 0 Å². The minimum Gasteiger partial charge on any atom is -0.393 e. The molecule has 4 rings (SSSR count). The molecular formula is C27H45NO3. The van der Waals surface area contributed by atoms with E-state index in [1.807, 2.05) is 13.8 Å². The van der Waals surface area contributed by atoms with Crippen molar-refractivity contribution >= 4 is 11.7 Å². The van der Waals surface area contributed by atoms with Gasteiger partial charge in [-0.15, -0.1) is 0 Å². The maximum absolute atomic E-state index is 13.5. The average molecular weight is 432 g/mol. The van der Waals surface area contributed by atoms with Crippen molar-refractivity contribution in [3.05, 3.63) is 0 Å². The Hall–Kier alpha value is -0.900. The Labute approximate surface area is 189 Å². The van der Waals surface area contributed by atoms with Gasteiger partial charge in [-0.05, 0) is 106 Å². The number of hydrogen-bond donors (Lipinski definition) is 2. The Bertz CT molecular complexity index is 705. The molecule has 0 aliphatic heterocycles. The molecule has 4 aliphatic carbocycles. The second kappa shape index (κ2) is 8.47. The summed E-state index contributed by atoms with van der Waals surface area (Å²) < 4.78 is 0. The van der Waals surface area contributed by atoms with Crippen LogP contribution in [0.1, 0.15) is 98.8 Å². The first-order valence-corrected chi connectivity index (χ1v) is 13.1. The molecule has 4 aliphatic rings. The van der Waals surface area contributed by atoms with Crippen LogP contribution in [-0.4, -0.2) is 28.9 Å². The zero-order valence-electron chi connectivity index (χ0n) is 20.5. The van der Waals surface area contributed by atoms with Gasteiger partial charge < -0.3 is 10.4 Å². The van der Waals surface area contributed by atoms with Crippen LogP contribution >= 0.6 is 0 Å². The van der Waals surface area contributed by atoms with Gasteiger partial charge in [0.25, 0.3) is 0 Å². The number of aliphatic hydroxyl groups excluding tert-OH is 1. The predicted octanol–water partition coefficient (Wildman–Crippen LogP) is 5.13.